The zero-order valence-corrected chi connectivity index (χ0v) is 19.2. The summed E-state index contributed by atoms with van der Waals surface area (Å²) in [6.07, 6.45) is 8.96. The van der Waals surface area contributed by atoms with Gasteiger partial charge in [-0.05, 0) is 44.6 Å². The average Bonchev–Trinajstić information content (AvgIpc) is 3.29. The van der Waals surface area contributed by atoms with Crippen LogP contribution in [0.15, 0.2) is 34.4 Å². The van der Waals surface area contributed by atoms with Crippen LogP contribution < -0.4 is 11.1 Å². The van der Waals surface area contributed by atoms with Crippen LogP contribution in [0.2, 0.25) is 0 Å². The molecule has 1 aliphatic carbocycles. The lowest BCUT2D eigenvalue weighted by Gasteiger charge is -2.16. The van der Waals surface area contributed by atoms with Crippen molar-refractivity contribution in [2.75, 3.05) is 18.1 Å². The van der Waals surface area contributed by atoms with Gasteiger partial charge in [-0.3, -0.25) is 4.99 Å². The first-order chi connectivity index (χ1) is 12.7. The Bertz CT molecular complexity index is 737. The summed E-state index contributed by atoms with van der Waals surface area (Å²) >= 11 is 1.68. The Labute approximate surface area is 182 Å². The molecule has 1 saturated carbocycles. The van der Waals surface area contributed by atoms with Crippen LogP contribution in [0, 0.1) is 6.92 Å². The maximum atomic E-state index is 5.98. The number of aryl methyl sites for hydroxylation is 2. The molecule has 148 valence electrons. The molecule has 0 spiro atoms. The van der Waals surface area contributed by atoms with Crippen LogP contribution in [0.4, 0.5) is 5.69 Å². The Morgan fingerprint density at radius 1 is 1.26 bits per heavy atom. The molecule has 2 aromatic rings. The molecule has 1 aromatic heterocycles. The molecule has 0 radical (unpaired) electrons. The summed E-state index contributed by atoms with van der Waals surface area (Å²) in [5.74, 6) is 1.54. The molecule has 8 heteroatoms. The van der Waals surface area contributed by atoms with Gasteiger partial charge in [-0.1, -0.05) is 42.3 Å². The molecule has 0 atom stereocenters. The quantitative estimate of drug-likeness (QED) is 0.194. The lowest BCUT2D eigenvalue weighted by atomic mass is 10.2. The SMILES string of the molecule is CSc1nnc(CCCN=C(N)Nc2ccc(C)cc2)n1C1CCCC1.I. The smallest absolute Gasteiger partial charge is 0.193 e. The van der Waals surface area contributed by atoms with Crippen LogP contribution in [-0.2, 0) is 6.42 Å². The number of hydrogen-bond donors (Lipinski definition) is 2. The van der Waals surface area contributed by atoms with E-state index in [0.29, 0.717) is 18.5 Å². The van der Waals surface area contributed by atoms with Crippen molar-refractivity contribution in [1.29, 1.82) is 0 Å². The van der Waals surface area contributed by atoms with Gasteiger partial charge in [0, 0.05) is 24.7 Å². The highest BCUT2D eigenvalue weighted by Gasteiger charge is 2.23. The Kier molecular flexibility index (Phi) is 8.88. The summed E-state index contributed by atoms with van der Waals surface area (Å²) in [6.45, 7) is 2.74. The van der Waals surface area contributed by atoms with Gasteiger partial charge in [-0.15, -0.1) is 34.2 Å². The third-order valence-corrected chi connectivity index (χ3v) is 5.42. The zero-order valence-electron chi connectivity index (χ0n) is 16.0. The van der Waals surface area contributed by atoms with Crippen molar-refractivity contribution in [3.8, 4) is 0 Å². The number of benzene rings is 1. The highest BCUT2D eigenvalue weighted by molar-refractivity contribution is 14.0. The lowest BCUT2D eigenvalue weighted by molar-refractivity contribution is 0.461. The Morgan fingerprint density at radius 3 is 2.63 bits per heavy atom. The number of halogens is 1. The van der Waals surface area contributed by atoms with Gasteiger partial charge in [-0.25, -0.2) is 0 Å². The maximum Gasteiger partial charge on any atom is 0.193 e. The fraction of sp³-hybridized carbons (Fsp3) is 0.526. The van der Waals surface area contributed by atoms with E-state index in [1.54, 1.807) is 11.8 Å². The third-order valence-electron chi connectivity index (χ3n) is 4.77. The molecule has 0 aliphatic heterocycles. The monoisotopic (exact) mass is 500 g/mol. The van der Waals surface area contributed by atoms with Crippen molar-refractivity contribution in [3.63, 3.8) is 0 Å². The fourth-order valence-electron chi connectivity index (χ4n) is 3.41. The van der Waals surface area contributed by atoms with Gasteiger partial charge in [0.25, 0.3) is 0 Å². The third kappa shape index (κ3) is 6.10. The van der Waals surface area contributed by atoms with E-state index in [1.807, 2.05) is 12.1 Å². The molecule has 0 saturated heterocycles. The van der Waals surface area contributed by atoms with E-state index in [0.717, 1.165) is 29.5 Å². The second kappa shape index (κ2) is 10.9. The number of nitrogens with two attached hydrogens (primary N) is 1. The molecular weight excluding hydrogens is 471 g/mol. The number of aromatic nitrogens is 3. The maximum absolute atomic E-state index is 5.98. The van der Waals surface area contributed by atoms with Gasteiger partial charge < -0.3 is 15.6 Å². The number of aliphatic imine (C=N–C) groups is 1. The summed E-state index contributed by atoms with van der Waals surface area (Å²) < 4.78 is 2.36. The number of guanidine groups is 1. The van der Waals surface area contributed by atoms with E-state index in [1.165, 1.54) is 31.2 Å². The first kappa shape index (κ1) is 22.0. The molecule has 1 heterocycles. The van der Waals surface area contributed by atoms with Gasteiger partial charge >= 0.3 is 0 Å². The van der Waals surface area contributed by atoms with Crippen LogP contribution in [0.3, 0.4) is 0 Å². The highest BCUT2D eigenvalue weighted by Crippen LogP contribution is 2.33. The molecule has 6 nitrogen and oxygen atoms in total. The van der Waals surface area contributed by atoms with Gasteiger partial charge in [0.2, 0.25) is 0 Å². The van der Waals surface area contributed by atoms with E-state index < -0.39 is 0 Å². The minimum Gasteiger partial charge on any atom is -0.370 e. The number of rotatable bonds is 7. The van der Waals surface area contributed by atoms with Crippen LogP contribution in [-0.4, -0.2) is 33.5 Å². The Morgan fingerprint density at radius 2 is 1.96 bits per heavy atom. The van der Waals surface area contributed by atoms with Gasteiger partial charge in [0.1, 0.15) is 5.82 Å². The Balaban J connectivity index is 0.00000261. The van der Waals surface area contributed by atoms with E-state index in [2.05, 4.69) is 50.4 Å². The molecule has 3 N–H and O–H groups in total. The number of hydrogen-bond acceptors (Lipinski definition) is 4. The molecule has 27 heavy (non-hydrogen) atoms. The molecule has 0 bridgehead atoms. The summed E-state index contributed by atoms with van der Waals surface area (Å²) in [7, 11) is 0. The molecule has 1 aliphatic rings. The molecule has 0 amide bonds. The molecule has 1 aromatic carbocycles. The van der Waals surface area contributed by atoms with Gasteiger partial charge in [0.15, 0.2) is 11.1 Å². The van der Waals surface area contributed by atoms with Crippen LogP contribution in [0.1, 0.15) is 49.5 Å². The van der Waals surface area contributed by atoms with Crippen LogP contribution >= 0.6 is 35.7 Å². The number of nitrogens with zero attached hydrogens (tertiary/aromatic N) is 4. The topological polar surface area (TPSA) is 81.1 Å². The lowest BCUT2D eigenvalue weighted by Crippen LogP contribution is -2.23. The van der Waals surface area contributed by atoms with E-state index >= 15 is 0 Å². The normalized spacial score (nSPS) is 15.0. The summed E-state index contributed by atoms with van der Waals surface area (Å²) in [5, 5.41) is 12.9. The fourth-order valence-corrected chi connectivity index (χ4v) is 3.98. The van der Waals surface area contributed by atoms with Crippen molar-refractivity contribution < 1.29 is 0 Å². The predicted octanol–water partition coefficient (Wildman–Crippen LogP) is 4.40. The molecular formula is C19H29IN6S. The first-order valence-corrected chi connectivity index (χ1v) is 10.5. The Hall–Kier alpha value is -1.29. The van der Waals surface area contributed by atoms with Crippen molar-refractivity contribution in [3.05, 3.63) is 35.7 Å². The predicted molar refractivity (Wildman–Crippen MR) is 124 cm³/mol. The first-order valence-electron chi connectivity index (χ1n) is 9.28. The summed E-state index contributed by atoms with van der Waals surface area (Å²) in [4.78, 5) is 4.43. The minimum atomic E-state index is 0. The van der Waals surface area contributed by atoms with Crippen LogP contribution in [0.25, 0.3) is 0 Å². The second-order valence-corrected chi connectivity index (χ2v) is 7.55. The molecule has 1 fully saturated rings. The highest BCUT2D eigenvalue weighted by atomic mass is 127. The number of nitrogens with one attached hydrogen (secondary N) is 1. The van der Waals surface area contributed by atoms with E-state index in [4.69, 9.17) is 5.73 Å². The number of anilines is 1. The van der Waals surface area contributed by atoms with Crippen LogP contribution in [0.5, 0.6) is 0 Å². The standard InChI is InChI=1S/C19H28N6S.HI/c1-14-9-11-15(12-10-14)22-18(20)21-13-5-8-17-23-24-19(26-2)25(17)16-6-3-4-7-16;/h9-12,16H,3-8,13H2,1-2H3,(H3,20,21,22);1H. The average molecular weight is 500 g/mol. The minimum absolute atomic E-state index is 0. The largest absolute Gasteiger partial charge is 0.370 e. The summed E-state index contributed by atoms with van der Waals surface area (Å²) in [5.41, 5.74) is 8.17. The summed E-state index contributed by atoms with van der Waals surface area (Å²) in [6, 6.07) is 8.68. The second-order valence-electron chi connectivity index (χ2n) is 6.77. The van der Waals surface area contributed by atoms with E-state index in [9.17, 15) is 0 Å². The van der Waals surface area contributed by atoms with Crippen molar-refractivity contribution in [2.24, 2.45) is 10.7 Å². The molecule has 3 rings (SSSR count). The van der Waals surface area contributed by atoms with E-state index in [-0.39, 0.29) is 24.0 Å². The zero-order chi connectivity index (χ0) is 18.4. The van der Waals surface area contributed by atoms with Crippen molar-refractivity contribution in [1.82, 2.24) is 14.8 Å². The van der Waals surface area contributed by atoms with Gasteiger partial charge in [-0.2, -0.15) is 0 Å². The van der Waals surface area contributed by atoms with Crippen molar-refractivity contribution in [2.45, 2.75) is 56.6 Å². The van der Waals surface area contributed by atoms with Gasteiger partial charge in [0.05, 0.1) is 0 Å². The number of thioether (sulfide) groups is 1. The van der Waals surface area contributed by atoms with Crippen molar-refractivity contribution >= 4 is 47.4 Å². The molecule has 0 unspecified atom stereocenters.